The monoisotopic (exact) mass is 350 g/mol. The van der Waals surface area contributed by atoms with Gasteiger partial charge in [-0.2, -0.15) is 0 Å². The molecule has 1 aromatic rings. The van der Waals surface area contributed by atoms with Crippen molar-refractivity contribution < 1.29 is 29.0 Å². The molecule has 0 unspecified atom stereocenters. The molecule has 1 saturated carbocycles. The van der Waals surface area contributed by atoms with E-state index in [4.69, 9.17) is 14.6 Å². The molecule has 25 heavy (non-hydrogen) atoms. The molecule has 8 nitrogen and oxygen atoms in total. The van der Waals surface area contributed by atoms with Crippen LogP contribution in [-0.4, -0.2) is 61.2 Å². The maximum absolute atomic E-state index is 12.1. The number of rotatable bonds is 10. The molecule has 2 amide bonds. The number of hydrogen-bond donors (Lipinski definition) is 2. The van der Waals surface area contributed by atoms with Gasteiger partial charge in [0.15, 0.2) is 6.61 Å². The second-order valence-corrected chi connectivity index (χ2v) is 5.78. The van der Waals surface area contributed by atoms with Gasteiger partial charge in [-0.25, -0.2) is 0 Å². The maximum atomic E-state index is 12.1. The SMILES string of the molecule is COCCN(CC(=O)O)C(=O)COc1cccc(NC(=O)C2CC2)c1. The zero-order valence-electron chi connectivity index (χ0n) is 14.1. The minimum Gasteiger partial charge on any atom is -0.484 e. The van der Waals surface area contributed by atoms with Crippen LogP contribution in [0.2, 0.25) is 0 Å². The summed E-state index contributed by atoms with van der Waals surface area (Å²) in [6, 6.07) is 6.74. The lowest BCUT2D eigenvalue weighted by Crippen LogP contribution is -2.40. The largest absolute Gasteiger partial charge is 0.484 e. The van der Waals surface area contributed by atoms with Crippen molar-refractivity contribution in [2.75, 3.05) is 38.7 Å². The molecule has 1 fully saturated rings. The summed E-state index contributed by atoms with van der Waals surface area (Å²) in [6.07, 6.45) is 1.83. The van der Waals surface area contributed by atoms with Gasteiger partial charge in [0.1, 0.15) is 12.3 Å². The Balaban J connectivity index is 1.88. The number of carbonyl (C=O) groups is 3. The fourth-order valence-corrected chi connectivity index (χ4v) is 2.15. The van der Waals surface area contributed by atoms with Crippen LogP contribution in [0.5, 0.6) is 5.75 Å². The van der Waals surface area contributed by atoms with Gasteiger partial charge in [-0.15, -0.1) is 0 Å². The van der Waals surface area contributed by atoms with Crippen LogP contribution in [0.3, 0.4) is 0 Å². The number of amides is 2. The third-order valence-electron chi connectivity index (χ3n) is 3.66. The van der Waals surface area contributed by atoms with Crippen molar-refractivity contribution in [3.63, 3.8) is 0 Å². The van der Waals surface area contributed by atoms with Crippen molar-refractivity contribution in [3.8, 4) is 5.75 Å². The number of hydrogen-bond acceptors (Lipinski definition) is 5. The molecule has 0 aromatic heterocycles. The predicted octanol–water partition coefficient (Wildman–Crippen LogP) is 0.973. The highest BCUT2D eigenvalue weighted by molar-refractivity contribution is 5.94. The van der Waals surface area contributed by atoms with Gasteiger partial charge in [-0.1, -0.05) is 6.07 Å². The summed E-state index contributed by atoms with van der Waals surface area (Å²) in [5.74, 6) is -1.05. The molecule has 0 aliphatic heterocycles. The molecular weight excluding hydrogens is 328 g/mol. The van der Waals surface area contributed by atoms with Crippen LogP contribution < -0.4 is 10.1 Å². The molecule has 2 rings (SSSR count). The lowest BCUT2D eigenvalue weighted by Gasteiger charge is -2.20. The molecule has 8 heteroatoms. The standard InChI is InChI=1S/C17H22N2O6/c1-24-8-7-19(10-16(21)22)15(20)11-25-14-4-2-3-13(9-14)18-17(23)12-5-6-12/h2-4,9,12H,5-8,10-11H2,1H3,(H,18,23)(H,21,22). The molecule has 136 valence electrons. The summed E-state index contributed by atoms with van der Waals surface area (Å²) in [5.41, 5.74) is 0.601. The zero-order valence-corrected chi connectivity index (χ0v) is 14.1. The molecule has 2 N–H and O–H groups in total. The Kier molecular flexibility index (Phi) is 6.76. The van der Waals surface area contributed by atoms with Crippen LogP contribution in [-0.2, 0) is 19.1 Å². The van der Waals surface area contributed by atoms with Crippen LogP contribution in [0.4, 0.5) is 5.69 Å². The van der Waals surface area contributed by atoms with Crippen molar-refractivity contribution in [2.24, 2.45) is 5.92 Å². The Labute approximate surface area is 145 Å². The highest BCUT2D eigenvalue weighted by atomic mass is 16.5. The number of anilines is 1. The molecule has 0 radical (unpaired) electrons. The van der Waals surface area contributed by atoms with Gasteiger partial charge < -0.3 is 24.8 Å². The van der Waals surface area contributed by atoms with Crippen molar-refractivity contribution in [1.29, 1.82) is 0 Å². The zero-order chi connectivity index (χ0) is 18.2. The summed E-state index contributed by atoms with van der Waals surface area (Å²) in [5, 5.41) is 11.7. The van der Waals surface area contributed by atoms with Crippen LogP contribution in [0.1, 0.15) is 12.8 Å². The molecule has 0 atom stereocenters. The lowest BCUT2D eigenvalue weighted by molar-refractivity contribution is -0.145. The van der Waals surface area contributed by atoms with E-state index in [2.05, 4.69) is 5.32 Å². The Morgan fingerprint density at radius 3 is 2.72 bits per heavy atom. The second kappa shape index (κ2) is 9.03. The van der Waals surface area contributed by atoms with Gasteiger partial charge in [-0.3, -0.25) is 14.4 Å². The fourth-order valence-electron chi connectivity index (χ4n) is 2.15. The number of aliphatic carboxylic acids is 1. The van der Waals surface area contributed by atoms with Gasteiger partial charge in [0, 0.05) is 31.3 Å². The first-order chi connectivity index (χ1) is 12.0. The minimum absolute atomic E-state index is 0.0135. The number of benzene rings is 1. The Hall–Kier alpha value is -2.61. The first-order valence-electron chi connectivity index (χ1n) is 8.02. The smallest absolute Gasteiger partial charge is 0.323 e. The normalized spacial score (nSPS) is 13.2. The van der Waals surface area contributed by atoms with Gasteiger partial charge in [0.2, 0.25) is 5.91 Å². The van der Waals surface area contributed by atoms with Crippen molar-refractivity contribution in [1.82, 2.24) is 4.90 Å². The number of carboxylic acid groups (broad SMARTS) is 1. The quantitative estimate of drug-likeness (QED) is 0.651. The van der Waals surface area contributed by atoms with Crippen molar-refractivity contribution in [2.45, 2.75) is 12.8 Å². The third kappa shape index (κ3) is 6.42. The van der Waals surface area contributed by atoms with Crippen LogP contribution in [0, 0.1) is 5.92 Å². The topological polar surface area (TPSA) is 105 Å². The van der Waals surface area contributed by atoms with Crippen LogP contribution >= 0.6 is 0 Å². The third-order valence-corrected chi connectivity index (χ3v) is 3.66. The molecule has 1 aromatic carbocycles. The number of carbonyl (C=O) groups excluding carboxylic acids is 2. The number of nitrogens with zero attached hydrogens (tertiary/aromatic N) is 1. The van der Waals surface area contributed by atoms with Crippen LogP contribution in [0.15, 0.2) is 24.3 Å². The first kappa shape index (κ1) is 18.7. The Bertz CT molecular complexity index is 629. The maximum Gasteiger partial charge on any atom is 0.323 e. The molecule has 0 heterocycles. The van der Waals surface area contributed by atoms with Gasteiger partial charge in [0.25, 0.3) is 5.91 Å². The highest BCUT2D eigenvalue weighted by Gasteiger charge is 2.29. The molecule has 1 aliphatic rings. The molecule has 0 bridgehead atoms. The fraction of sp³-hybridized carbons (Fsp3) is 0.471. The predicted molar refractivity (Wildman–Crippen MR) is 89.4 cm³/mol. The summed E-state index contributed by atoms with van der Waals surface area (Å²) < 4.78 is 10.3. The van der Waals surface area contributed by atoms with E-state index in [0.29, 0.717) is 11.4 Å². The molecule has 1 aliphatic carbocycles. The molecular formula is C17H22N2O6. The van der Waals surface area contributed by atoms with Crippen molar-refractivity contribution >= 4 is 23.5 Å². The van der Waals surface area contributed by atoms with E-state index in [1.807, 2.05) is 0 Å². The van der Waals surface area contributed by atoms with Gasteiger partial charge in [-0.05, 0) is 25.0 Å². The van der Waals surface area contributed by atoms with Gasteiger partial charge >= 0.3 is 5.97 Å². The minimum atomic E-state index is -1.10. The Morgan fingerprint density at radius 1 is 1.32 bits per heavy atom. The lowest BCUT2D eigenvalue weighted by atomic mass is 10.3. The van der Waals surface area contributed by atoms with E-state index in [1.54, 1.807) is 24.3 Å². The summed E-state index contributed by atoms with van der Waals surface area (Å²) in [6.45, 7) is -0.301. The number of carboxylic acids is 1. The first-order valence-corrected chi connectivity index (χ1v) is 8.02. The molecule has 0 saturated heterocycles. The van der Waals surface area contributed by atoms with Crippen molar-refractivity contribution in [3.05, 3.63) is 24.3 Å². The Morgan fingerprint density at radius 2 is 2.08 bits per heavy atom. The summed E-state index contributed by atoms with van der Waals surface area (Å²) in [4.78, 5) is 35.9. The van der Waals surface area contributed by atoms with E-state index in [0.717, 1.165) is 17.7 Å². The van der Waals surface area contributed by atoms with E-state index in [-0.39, 0.29) is 31.6 Å². The van der Waals surface area contributed by atoms with E-state index in [1.165, 1.54) is 7.11 Å². The highest BCUT2D eigenvalue weighted by Crippen LogP contribution is 2.30. The van der Waals surface area contributed by atoms with E-state index < -0.39 is 18.4 Å². The number of methoxy groups -OCH3 is 1. The average molecular weight is 350 g/mol. The molecule has 0 spiro atoms. The average Bonchev–Trinajstić information content (AvgIpc) is 3.41. The number of nitrogens with one attached hydrogen (secondary N) is 1. The van der Waals surface area contributed by atoms with Crippen LogP contribution in [0.25, 0.3) is 0 Å². The summed E-state index contributed by atoms with van der Waals surface area (Å²) >= 11 is 0. The number of ether oxygens (including phenoxy) is 2. The van der Waals surface area contributed by atoms with Gasteiger partial charge in [0.05, 0.1) is 6.61 Å². The van der Waals surface area contributed by atoms with E-state index in [9.17, 15) is 14.4 Å². The van der Waals surface area contributed by atoms with E-state index >= 15 is 0 Å². The summed E-state index contributed by atoms with van der Waals surface area (Å²) in [7, 11) is 1.47. The second-order valence-electron chi connectivity index (χ2n) is 5.78.